The Bertz CT molecular complexity index is 1260. The molecule has 5 rings (SSSR count). The Balaban J connectivity index is 1.32. The van der Waals surface area contributed by atoms with Gasteiger partial charge in [-0.05, 0) is 44.0 Å². The van der Waals surface area contributed by atoms with Gasteiger partial charge in [0.2, 0.25) is 11.9 Å². The van der Waals surface area contributed by atoms with Crippen molar-refractivity contribution in [3.63, 3.8) is 0 Å². The third-order valence-electron chi connectivity index (χ3n) is 5.59. The fourth-order valence-electron chi connectivity index (χ4n) is 3.85. The number of aromatic amines is 1. The van der Waals surface area contributed by atoms with E-state index in [0.717, 1.165) is 52.6 Å². The van der Waals surface area contributed by atoms with Crippen molar-refractivity contribution in [1.82, 2.24) is 24.6 Å². The lowest BCUT2D eigenvalue weighted by Gasteiger charge is -2.22. The van der Waals surface area contributed by atoms with E-state index < -0.39 is 5.54 Å². The molecule has 0 aliphatic heterocycles. The number of benzene rings is 1. The van der Waals surface area contributed by atoms with E-state index in [1.807, 2.05) is 53.9 Å². The Morgan fingerprint density at radius 1 is 1.22 bits per heavy atom. The van der Waals surface area contributed by atoms with E-state index in [1.54, 1.807) is 6.20 Å². The zero-order valence-electron chi connectivity index (χ0n) is 17.6. The predicted octanol–water partition coefficient (Wildman–Crippen LogP) is 3.87. The summed E-state index contributed by atoms with van der Waals surface area (Å²) in [6, 6.07) is 11.5. The lowest BCUT2D eigenvalue weighted by atomic mass is 9.98. The molecule has 32 heavy (non-hydrogen) atoms. The Hall–Kier alpha value is -3.37. The van der Waals surface area contributed by atoms with Crippen LogP contribution in [0.4, 0.5) is 17.5 Å². The van der Waals surface area contributed by atoms with Crippen LogP contribution < -0.4 is 16.4 Å². The van der Waals surface area contributed by atoms with Crippen LogP contribution in [0, 0.1) is 6.92 Å². The van der Waals surface area contributed by atoms with Gasteiger partial charge in [0.25, 0.3) is 0 Å². The monoisotopic (exact) mass is 448 g/mol. The first-order valence-corrected chi connectivity index (χ1v) is 11.3. The zero-order chi connectivity index (χ0) is 22.1. The summed E-state index contributed by atoms with van der Waals surface area (Å²) in [6.07, 6.45) is 7.07. The van der Waals surface area contributed by atoms with Gasteiger partial charge in [0.15, 0.2) is 5.82 Å². The molecule has 0 spiro atoms. The highest BCUT2D eigenvalue weighted by atomic mass is 32.2. The molecule has 9 nitrogen and oxygen atoms in total. The average Bonchev–Trinajstić information content (AvgIpc) is 3.51. The minimum absolute atomic E-state index is 0.105. The second-order valence-corrected chi connectivity index (χ2v) is 9.17. The van der Waals surface area contributed by atoms with Crippen molar-refractivity contribution in [1.29, 1.82) is 0 Å². The topological polar surface area (TPSA) is 126 Å². The highest BCUT2D eigenvalue weighted by molar-refractivity contribution is 7.99. The van der Waals surface area contributed by atoms with Gasteiger partial charge in [0.1, 0.15) is 10.7 Å². The molecule has 0 unspecified atom stereocenters. The van der Waals surface area contributed by atoms with E-state index in [4.69, 9.17) is 10.7 Å². The Labute approximate surface area is 189 Å². The summed E-state index contributed by atoms with van der Waals surface area (Å²) in [6.45, 7) is 1.94. The van der Waals surface area contributed by atoms with Crippen LogP contribution >= 0.6 is 11.8 Å². The fraction of sp³-hybridized carbons (Fsp3) is 0.273. The molecule has 164 valence electrons. The van der Waals surface area contributed by atoms with Crippen LogP contribution in [0.25, 0.3) is 5.65 Å². The molecule has 0 atom stereocenters. The van der Waals surface area contributed by atoms with Crippen molar-refractivity contribution in [3.05, 3.63) is 54.5 Å². The second kappa shape index (κ2) is 8.29. The number of hydrogen-bond acceptors (Lipinski definition) is 7. The standard InChI is InChI=1S/C22H24N8OS/c1-14-12-17(29-28-14)26-21-27-19(13-18-24-10-11-30(18)21)32-16-6-4-15(5-7-16)25-20(31)22(23)8-2-3-9-22/h4-7,10-13H,2-3,8-9,23H2,1H3,(H,25,31)(H2,26,27,28,29). The van der Waals surface area contributed by atoms with Crippen LogP contribution in [0.15, 0.2) is 58.7 Å². The number of H-pyrrole nitrogens is 1. The van der Waals surface area contributed by atoms with Crippen LogP contribution in [0.1, 0.15) is 31.4 Å². The molecule has 3 heterocycles. The van der Waals surface area contributed by atoms with Crippen molar-refractivity contribution in [2.24, 2.45) is 5.73 Å². The van der Waals surface area contributed by atoms with E-state index in [1.165, 1.54) is 11.8 Å². The maximum absolute atomic E-state index is 12.5. The highest BCUT2D eigenvalue weighted by Crippen LogP contribution is 2.31. The molecule has 0 saturated heterocycles. The van der Waals surface area contributed by atoms with Gasteiger partial charge in [0.05, 0.1) is 5.54 Å². The normalized spacial score (nSPS) is 15.2. The van der Waals surface area contributed by atoms with Gasteiger partial charge in [-0.3, -0.25) is 14.3 Å². The number of amides is 1. The smallest absolute Gasteiger partial charge is 0.244 e. The summed E-state index contributed by atoms with van der Waals surface area (Å²) in [7, 11) is 0. The number of carbonyl (C=O) groups is 1. The van der Waals surface area contributed by atoms with Crippen molar-refractivity contribution in [2.75, 3.05) is 10.6 Å². The van der Waals surface area contributed by atoms with Crippen LogP contribution in [-0.4, -0.2) is 36.0 Å². The fourth-order valence-corrected chi connectivity index (χ4v) is 4.66. The first-order valence-electron chi connectivity index (χ1n) is 10.5. The minimum Gasteiger partial charge on any atom is -0.324 e. The van der Waals surface area contributed by atoms with Crippen molar-refractivity contribution in [2.45, 2.75) is 48.1 Å². The second-order valence-electron chi connectivity index (χ2n) is 8.08. The number of aromatic nitrogens is 5. The molecule has 1 aromatic carbocycles. The molecular weight excluding hydrogens is 424 g/mol. The van der Waals surface area contributed by atoms with Gasteiger partial charge in [-0.15, -0.1) is 0 Å². The molecule has 1 aliphatic carbocycles. The number of imidazole rings is 1. The molecule has 1 saturated carbocycles. The Morgan fingerprint density at radius 3 is 2.72 bits per heavy atom. The van der Waals surface area contributed by atoms with E-state index in [9.17, 15) is 4.79 Å². The molecule has 10 heteroatoms. The molecule has 3 aromatic heterocycles. The molecular formula is C22H24N8OS. The lowest BCUT2D eigenvalue weighted by molar-refractivity contribution is -0.121. The van der Waals surface area contributed by atoms with E-state index >= 15 is 0 Å². The predicted molar refractivity (Wildman–Crippen MR) is 124 cm³/mol. The maximum Gasteiger partial charge on any atom is 0.244 e. The molecule has 0 bridgehead atoms. The van der Waals surface area contributed by atoms with E-state index in [0.29, 0.717) is 11.8 Å². The van der Waals surface area contributed by atoms with Gasteiger partial charge >= 0.3 is 0 Å². The van der Waals surface area contributed by atoms with Crippen LogP contribution in [0.2, 0.25) is 0 Å². The number of rotatable bonds is 6. The molecule has 1 aliphatic rings. The zero-order valence-corrected chi connectivity index (χ0v) is 18.4. The summed E-state index contributed by atoms with van der Waals surface area (Å²) in [5.41, 5.74) is 7.98. The number of aryl methyl sites for hydroxylation is 1. The third kappa shape index (κ3) is 4.19. The summed E-state index contributed by atoms with van der Waals surface area (Å²) in [4.78, 5) is 22.7. The Morgan fingerprint density at radius 2 is 2.00 bits per heavy atom. The van der Waals surface area contributed by atoms with Crippen molar-refractivity contribution >= 4 is 40.8 Å². The molecule has 1 amide bonds. The first-order chi connectivity index (χ1) is 15.5. The number of anilines is 3. The number of fused-ring (bicyclic) bond motifs is 1. The minimum atomic E-state index is -0.743. The van der Waals surface area contributed by atoms with E-state index in [-0.39, 0.29) is 5.91 Å². The summed E-state index contributed by atoms with van der Waals surface area (Å²) in [5, 5.41) is 14.1. The number of hydrogen-bond donors (Lipinski definition) is 4. The van der Waals surface area contributed by atoms with Crippen LogP contribution in [0.3, 0.4) is 0 Å². The molecule has 0 radical (unpaired) electrons. The van der Waals surface area contributed by atoms with Gasteiger partial charge in [-0.25, -0.2) is 9.97 Å². The number of nitrogens with one attached hydrogen (secondary N) is 3. The number of nitrogens with two attached hydrogens (primary N) is 1. The SMILES string of the molecule is Cc1cc(Nc2nc(Sc3ccc(NC(=O)C4(N)CCCC4)cc3)cc3nccn23)n[nH]1. The summed E-state index contributed by atoms with van der Waals surface area (Å²) < 4.78 is 1.87. The van der Waals surface area contributed by atoms with E-state index in [2.05, 4.69) is 25.8 Å². The molecule has 5 N–H and O–H groups in total. The van der Waals surface area contributed by atoms with Crippen molar-refractivity contribution in [3.8, 4) is 0 Å². The van der Waals surface area contributed by atoms with Gasteiger partial charge in [-0.2, -0.15) is 5.10 Å². The quantitative estimate of drug-likeness (QED) is 0.330. The summed E-state index contributed by atoms with van der Waals surface area (Å²) in [5.74, 6) is 1.21. The third-order valence-corrected chi connectivity index (χ3v) is 6.52. The number of carbonyl (C=O) groups excluding carboxylic acids is 1. The first kappa shape index (κ1) is 20.5. The molecule has 1 fully saturated rings. The largest absolute Gasteiger partial charge is 0.324 e. The van der Waals surface area contributed by atoms with Gasteiger partial charge in [0, 0.05) is 40.8 Å². The van der Waals surface area contributed by atoms with Crippen LogP contribution in [0.5, 0.6) is 0 Å². The highest BCUT2D eigenvalue weighted by Gasteiger charge is 2.36. The lowest BCUT2D eigenvalue weighted by Crippen LogP contribution is -2.48. The van der Waals surface area contributed by atoms with Gasteiger partial charge in [-0.1, -0.05) is 24.6 Å². The maximum atomic E-state index is 12.5. The van der Waals surface area contributed by atoms with Crippen molar-refractivity contribution < 1.29 is 4.79 Å². The van der Waals surface area contributed by atoms with Crippen LogP contribution in [-0.2, 0) is 4.79 Å². The average molecular weight is 449 g/mol. The number of nitrogens with zero attached hydrogens (tertiary/aromatic N) is 4. The summed E-state index contributed by atoms with van der Waals surface area (Å²) >= 11 is 1.52. The molecule has 4 aromatic rings. The van der Waals surface area contributed by atoms with Gasteiger partial charge < -0.3 is 16.4 Å². The Kier molecular flexibility index (Phi) is 5.32.